The van der Waals surface area contributed by atoms with Crippen molar-refractivity contribution in [3.63, 3.8) is 0 Å². The molecule has 0 radical (unpaired) electrons. The third kappa shape index (κ3) is 5.83. The molecular formula is C34H37ClN7O3+. The summed E-state index contributed by atoms with van der Waals surface area (Å²) in [4.78, 5) is 39.8. The number of hydrogen-bond acceptors (Lipinski definition) is 6. The number of nitrogens with two attached hydrogens (primary N) is 1. The molecule has 3 aromatic heterocycles. The van der Waals surface area contributed by atoms with Gasteiger partial charge >= 0.3 is 5.91 Å². The third-order valence-electron chi connectivity index (χ3n) is 9.24. The molecule has 0 spiro atoms. The minimum absolute atomic E-state index is 0.0349. The Hall–Kier alpha value is -4.54. The van der Waals surface area contributed by atoms with Crippen LogP contribution in [-0.4, -0.2) is 66.8 Å². The maximum atomic E-state index is 14.0. The molecule has 10 nitrogen and oxygen atoms in total. The summed E-state index contributed by atoms with van der Waals surface area (Å²) in [6.45, 7) is 2.24. The average Bonchev–Trinajstić information content (AvgIpc) is 3.82. The van der Waals surface area contributed by atoms with Crippen LogP contribution in [0.5, 0.6) is 5.75 Å². The maximum Gasteiger partial charge on any atom is 0.311 e. The summed E-state index contributed by atoms with van der Waals surface area (Å²) in [6.07, 6.45) is 9.35. The first-order valence-corrected chi connectivity index (χ1v) is 15.6. The van der Waals surface area contributed by atoms with Gasteiger partial charge in [0.2, 0.25) is 0 Å². The highest BCUT2D eigenvalue weighted by Crippen LogP contribution is 2.36. The van der Waals surface area contributed by atoms with Crippen LogP contribution >= 0.6 is 11.6 Å². The van der Waals surface area contributed by atoms with Gasteiger partial charge in [-0.3, -0.25) is 9.78 Å². The van der Waals surface area contributed by atoms with Crippen LogP contribution in [0, 0.1) is 0 Å². The molecule has 11 heteroatoms. The molecule has 2 atom stereocenters. The molecule has 1 saturated carbocycles. The van der Waals surface area contributed by atoms with E-state index < -0.39 is 11.9 Å². The highest BCUT2D eigenvalue weighted by atomic mass is 35.5. The average molecular weight is 627 g/mol. The van der Waals surface area contributed by atoms with Gasteiger partial charge in [-0.1, -0.05) is 29.8 Å². The van der Waals surface area contributed by atoms with Crippen molar-refractivity contribution in [2.24, 2.45) is 5.73 Å². The normalized spacial score (nSPS) is 15.6. The van der Waals surface area contributed by atoms with Gasteiger partial charge in [0.15, 0.2) is 17.7 Å². The molecule has 1 aliphatic carbocycles. The van der Waals surface area contributed by atoms with Gasteiger partial charge in [-0.15, -0.1) is 0 Å². The summed E-state index contributed by atoms with van der Waals surface area (Å²) in [5, 5.41) is 6.37. The standard InChI is InChI=1S/C34H36ClN7O3/c1-22(43)42(26-7-3-4-8-26,30(32(36)44)20-25-21-38-29-10-6-5-9-27(25)29)18-17-41-34(24-11-12-31(45-2)28(35)19-24)39-33(40-41)23-13-15-37-16-14-23/h5-6,9-16,19,21,26,30,38H,3-4,7-8,17-18,20H2,1-2H3,(H-,36,44)/p+1/t30-,42?/m0/s1. The van der Waals surface area contributed by atoms with Gasteiger partial charge in [0.25, 0.3) is 5.91 Å². The summed E-state index contributed by atoms with van der Waals surface area (Å²) in [5.74, 6) is 1.10. The van der Waals surface area contributed by atoms with Crippen LogP contribution < -0.4 is 10.5 Å². The van der Waals surface area contributed by atoms with Crippen molar-refractivity contribution < 1.29 is 18.8 Å². The number of primary amides is 1. The first kappa shape index (κ1) is 30.5. The van der Waals surface area contributed by atoms with Gasteiger partial charge in [-0.2, -0.15) is 5.10 Å². The maximum absolute atomic E-state index is 14.0. The van der Waals surface area contributed by atoms with E-state index in [0.717, 1.165) is 53.3 Å². The number of para-hydroxylation sites is 1. The Morgan fingerprint density at radius 2 is 1.87 bits per heavy atom. The van der Waals surface area contributed by atoms with E-state index in [0.29, 0.717) is 41.9 Å². The lowest BCUT2D eigenvalue weighted by Crippen LogP contribution is -2.68. The molecule has 1 aliphatic rings. The van der Waals surface area contributed by atoms with Gasteiger partial charge < -0.3 is 15.5 Å². The summed E-state index contributed by atoms with van der Waals surface area (Å²) >= 11 is 6.53. The SMILES string of the molecule is COc1ccc(-c2nc(-c3ccncc3)nn2CC[N+](C(C)=O)(C2CCCC2)[C@@H](Cc2c[nH]c3ccccc23)C(N)=O)cc1Cl. The van der Waals surface area contributed by atoms with Gasteiger partial charge in [0.1, 0.15) is 12.3 Å². The molecule has 2 amide bonds. The molecule has 6 rings (SSSR count). The van der Waals surface area contributed by atoms with Crippen molar-refractivity contribution in [2.75, 3.05) is 13.7 Å². The zero-order valence-electron chi connectivity index (χ0n) is 25.4. The van der Waals surface area contributed by atoms with E-state index in [2.05, 4.69) is 9.97 Å². The van der Waals surface area contributed by atoms with E-state index >= 15 is 0 Å². The number of aromatic nitrogens is 5. The van der Waals surface area contributed by atoms with E-state index in [1.54, 1.807) is 38.6 Å². The Morgan fingerprint density at radius 3 is 2.56 bits per heavy atom. The highest BCUT2D eigenvalue weighted by Gasteiger charge is 2.51. The number of nitrogens with zero attached hydrogens (tertiary/aromatic N) is 5. The van der Waals surface area contributed by atoms with Gasteiger partial charge in [0, 0.05) is 47.0 Å². The van der Waals surface area contributed by atoms with Crippen LogP contribution in [0.2, 0.25) is 5.02 Å². The van der Waals surface area contributed by atoms with Crippen LogP contribution in [0.1, 0.15) is 38.2 Å². The number of nitrogens with one attached hydrogen (secondary N) is 1. The number of rotatable bonds is 11. The zero-order chi connectivity index (χ0) is 31.6. The van der Waals surface area contributed by atoms with Gasteiger partial charge in [0.05, 0.1) is 31.6 Å². The number of fused-ring (bicyclic) bond motifs is 1. The number of benzene rings is 2. The molecule has 45 heavy (non-hydrogen) atoms. The number of quaternary nitrogens is 1. The fourth-order valence-electron chi connectivity index (χ4n) is 6.99. The number of pyridine rings is 1. The van der Waals surface area contributed by atoms with E-state index in [4.69, 9.17) is 32.2 Å². The largest absolute Gasteiger partial charge is 0.495 e. The quantitative estimate of drug-likeness (QED) is 0.185. The van der Waals surface area contributed by atoms with Crippen molar-refractivity contribution in [3.8, 4) is 28.5 Å². The first-order valence-electron chi connectivity index (χ1n) is 15.2. The minimum Gasteiger partial charge on any atom is -0.495 e. The number of H-pyrrole nitrogens is 1. The lowest BCUT2D eigenvalue weighted by Gasteiger charge is -2.45. The number of methoxy groups -OCH3 is 1. The predicted molar refractivity (Wildman–Crippen MR) is 173 cm³/mol. The van der Waals surface area contributed by atoms with Gasteiger partial charge in [-0.25, -0.2) is 18.9 Å². The number of carbonyl (C=O) groups excluding carboxylic acids is 2. The Kier molecular flexibility index (Phi) is 8.69. The molecule has 0 aliphatic heterocycles. The summed E-state index contributed by atoms with van der Waals surface area (Å²) in [5.41, 5.74) is 9.72. The molecule has 1 unspecified atom stereocenters. The number of halogens is 1. The molecule has 232 valence electrons. The van der Waals surface area contributed by atoms with Gasteiger partial charge in [-0.05, 0) is 67.6 Å². The molecule has 2 aromatic carbocycles. The number of amides is 2. The third-order valence-corrected chi connectivity index (χ3v) is 9.53. The van der Waals surface area contributed by atoms with Crippen LogP contribution in [0.3, 0.4) is 0 Å². The Labute approximate surface area is 266 Å². The van der Waals surface area contributed by atoms with Crippen molar-refractivity contribution >= 4 is 34.3 Å². The highest BCUT2D eigenvalue weighted by molar-refractivity contribution is 6.32. The lowest BCUT2D eigenvalue weighted by atomic mass is 9.96. The second kappa shape index (κ2) is 12.8. The molecule has 0 saturated heterocycles. The summed E-state index contributed by atoms with van der Waals surface area (Å²) in [7, 11) is 1.57. The Balaban J connectivity index is 1.43. The van der Waals surface area contributed by atoms with Crippen molar-refractivity contribution in [2.45, 2.75) is 57.7 Å². The second-order valence-electron chi connectivity index (χ2n) is 11.7. The monoisotopic (exact) mass is 626 g/mol. The van der Waals surface area contributed by atoms with E-state index in [1.807, 2.05) is 53.3 Å². The second-order valence-corrected chi connectivity index (χ2v) is 12.1. The summed E-state index contributed by atoms with van der Waals surface area (Å²) < 4.78 is 7.14. The summed E-state index contributed by atoms with van der Waals surface area (Å²) in [6, 6.07) is 16.3. The Morgan fingerprint density at radius 1 is 1.11 bits per heavy atom. The molecule has 0 bridgehead atoms. The zero-order valence-corrected chi connectivity index (χ0v) is 26.2. The van der Waals surface area contributed by atoms with Crippen molar-refractivity contribution in [1.29, 1.82) is 0 Å². The smallest absolute Gasteiger partial charge is 0.311 e. The molecule has 3 heterocycles. The molecule has 5 aromatic rings. The van der Waals surface area contributed by atoms with Crippen molar-refractivity contribution in [1.82, 2.24) is 24.7 Å². The number of aromatic amines is 1. The van der Waals surface area contributed by atoms with Crippen LogP contribution in [0.25, 0.3) is 33.7 Å². The molecule has 1 fully saturated rings. The number of carbonyl (C=O) groups is 2. The molecule has 3 N–H and O–H groups in total. The van der Waals surface area contributed by atoms with Crippen LogP contribution in [0.15, 0.2) is 73.2 Å². The number of hydrogen-bond donors (Lipinski definition) is 2. The lowest BCUT2D eigenvalue weighted by molar-refractivity contribution is -0.894. The fourth-order valence-corrected chi connectivity index (χ4v) is 7.25. The van der Waals surface area contributed by atoms with Crippen LogP contribution in [-0.2, 0) is 22.6 Å². The minimum atomic E-state index is -0.758. The molecular weight excluding hydrogens is 590 g/mol. The topological polar surface area (TPSA) is 129 Å². The van der Waals surface area contributed by atoms with Crippen molar-refractivity contribution in [3.05, 3.63) is 83.8 Å². The van der Waals surface area contributed by atoms with E-state index in [1.165, 1.54) is 0 Å². The number of ether oxygens (including phenoxy) is 1. The Bertz CT molecular complexity index is 1830. The van der Waals surface area contributed by atoms with E-state index in [-0.39, 0.29) is 16.4 Å². The predicted octanol–water partition coefficient (Wildman–Crippen LogP) is 5.55. The first-order chi connectivity index (χ1) is 21.8. The van der Waals surface area contributed by atoms with Crippen LogP contribution in [0.4, 0.5) is 0 Å². The fraction of sp³-hybridized carbons (Fsp3) is 0.324. The van der Waals surface area contributed by atoms with E-state index in [9.17, 15) is 9.59 Å².